The van der Waals surface area contributed by atoms with Gasteiger partial charge < -0.3 is 14.2 Å². The number of hydrazone groups is 1. The highest BCUT2D eigenvalue weighted by atomic mass is 79.9. The van der Waals surface area contributed by atoms with Gasteiger partial charge in [-0.1, -0.05) is 0 Å². The van der Waals surface area contributed by atoms with Gasteiger partial charge in [-0.05, 0) is 40.2 Å². The lowest BCUT2D eigenvalue weighted by Gasteiger charge is -2.12. The Morgan fingerprint density at radius 3 is 2.55 bits per heavy atom. The van der Waals surface area contributed by atoms with E-state index in [1.165, 1.54) is 32.6 Å². The topological polar surface area (TPSA) is 112 Å². The minimum atomic E-state index is -4.72. The lowest BCUT2D eigenvalue weighted by molar-refractivity contribution is -0.384. The van der Waals surface area contributed by atoms with Gasteiger partial charge in [0.25, 0.3) is 5.69 Å². The Balaban J connectivity index is 2.24. The molecule has 0 spiro atoms. The van der Waals surface area contributed by atoms with E-state index >= 15 is 0 Å². The molecule has 0 aromatic heterocycles. The molecule has 0 fully saturated rings. The number of carbonyl (C=O) groups excluding carboxylic acids is 1. The average molecular weight is 506 g/mol. The number of benzene rings is 2. The van der Waals surface area contributed by atoms with E-state index < -0.39 is 28.3 Å². The molecule has 9 nitrogen and oxygen atoms in total. The first-order chi connectivity index (χ1) is 14.6. The monoisotopic (exact) mass is 505 g/mol. The third-order valence-corrected chi connectivity index (χ3v) is 4.45. The van der Waals surface area contributed by atoms with E-state index in [9.17, 15) is 28.1 Å². The number of nitro groups is 1. The van der Waals surface area contributed by atoms with Crippen molar-refractivity contribution in [1.82, 2.24) is 0 Å². The predicted molar refractivity (Wildman–Crippen MR) is 108 cm³/mol. The van der Waals surface area contributed by atoms with Crippen molar-refractivity contribution in [2.75, 3.05) is 26.3 Å². The highest BCUT2D eigenvalue weighted by molar-refractivity contribution is 9.10. The summed E-state index contributed by atoms with van der Waals surface area (Å²) >= 11 is 3.29. The smallest absolute Gasteiger partial charge is 0.416 e. The van der Waals surface area contributed by atoms with Crippen LogP contribution in [0, 0.1) is 10.1 Å². The summed E-state index contributed by atoms with van der Waals surface area (Å²) < 4.78 is 53.8. The van der Waals surface area contributed by atoms with E-state index in [-0.39, 0.29) is 23.8 Å². The fourth-order valence-electron chi connectivity index (χ4n) is 2.24. The highest BCUT2D eigenvalue weighted by Crippen LogP contribution is 2.35. The van der Waals surface area contributed by atoms with Crippen molar-refractivity contribution in [1.29, 1.82) is 0 Å². The molecule has 0 unspecified atom stereocenters. The van der Waals surface area contributed by atoms with E-state index in [2.05, 4.69) is 31.2 Å². The number of methoxy groups -OCH3 is 2. The average Bonchev–Trinajstić information content (AvgIpc) is 2.72. The number of rotatable bonds is 8. The first kappa shape index (κ1) is 23.9. The quantitative estimate of drug-likeness (QED) is 0.245. The van der Waals surface area contributed by atoms with E-state index in [0.29, 0.717) is 22.2 Å². The van der Waals surface area contributed by atoms with Crippen molar-refractivity contribution in [3.8, 4) is 11.5 Å². The molecule has 0 saturated carbocycles. The predicted octanol–water partition coefficient (Wildman–Crippen LogP) is 4.38. The third-order valence-electron chi connectivity index (χ3n) is 3.77. The van der Waals surface area contributed by atoms with Crippen molar-refractivity contribution >= 4 is 39.5 Å². The zero-order valence-corrected chi connectivity index (χ0v) is 17.6. The van der Waals surface area contributed by atoms with Gasteiger partial charge in [-0.3, -0.25) is 15.5 Å². The Hall–Kier alpha value is -3.35. The first-order valence-corrected chi connectivity index (χ1v) is 9.08. The summed E-state index contributed by atoms with van der Waals surface area (Å²) in [7, 11) is 2.59. The molecule has 0 heterocycles. The maximum Gasteiger partial charge on any atom is 0.416 e. The number of alkyl halides is 3. The number of halogens is 4. The molecule has 13 heteroatoms. The van der Waals surface area contributed by atoms with Gasteiger partial charge in [-0.2, -0.15) is 18.3 Å². The number of ether oxygens (including phenoxy) is 3. The zero-order chi connectivity index (χ0) is 23.2. The summed E-state index contributed by atoms with van der Waals surface area (Å²) in [5, 5.41) is 15.0. The van der Waals surface area contributed by atoms with Gasteiger partial charge in [0, 0.05) is 16.1 Å². The Morgan fingerprint density at radius 1 is 1.26 bits per heavy atom. The number of anilines is 1. The number of carbonyl (C=O) groups is 1. The molecular weight excluding hydrogens is 491 g/mol. The molecule has 31 heavy (non-hydrogen) atoms. The minimum absolute atomic E-state index is 0.227. The molecule has 0 amide bonds. The van der Waals surface area contributed by atoms with E-state index in [0.717, 1.165) is 6.07 Å². The van der Waals surface area contributed by atoms with E-state index in [1.807, 2.05) is 0 Å². The maximum atomic E-state index is 12.8. The summed E-state index contributed by atoms with van der Waals surface area (Å²) in [6.45, 7) is -0.341. The molecule has 2 aromatic carbocycles. The standard InChI is InChI=1S/C18H15BrF3N3O6/c1-29-15-5-10(12(19)7-16(15)31-9-17(26)30-2)8-23-24-13-4-3-11(18(20,21)22)6-14(13)25(27)28/h3-8,24H,9H2,1-2H3/b23-8-. The van der Waals surface area contributed by atoms with Gasteiger partial charge in [-0.15, -0.1) is 0 Å². The highest BCUT2D eigenvalue weighted by Gasteiger charge is 2.33. The zero-order valence-electron chi connectivity index (χ0n) is 16.0. The van der Waals surface area contributed by atoms with E-state index in [4.69, 9.17) is 9.47 Å². The van der Waals surface area contributed by atoms with E-state index in [1.54, 1.807) is 0 Å². The molecule has 0 atom stereocenters. The van der Waals surface area contributed by atoms with Crippen LogP contribution in [-0.2, 0) is 15.7 Å². The van der Waals surface area contributed by atoms with Crippen LogP contribution in [0.5, 0.6) is 11.5 Å². The second-order valence-electron chi connectivity index (χ2n) is 5.75. The van der Waals surface area contributed by atoms with Gasteiger partial charge in [0.1, 0.15) is 5.69 Å². The summed E-state index contributed by atoms with van der Waals surface area (Å²) in [4.78, 5) is 21.4. The van der Waals surface area contributed by atoms with Gasteiger partial charge in [0.15, 0.2) is 18.1 Å². The van der Waals surface area contributed by atoms with Crippen LogP contribution in [0.15, 0.2) is 39.9 Å². The number of nitrogens with zero attached hydrogens (tertiary/aromatic N) is 2. The second kappa shape index (κ2) is 10.1. The maximum absolute atomic E-state index is 12.8. The molecule has 0 aliphatic carbocycles. The molecule has 0 saturated heterocycles. The molecular formula is C18H15BrF3N3O6. The largest absolute Gasteiger partial charge is 0.493 e. The summed E-state index contributed by atoms with van der Waals surface area (Å²) in [5.41, 5.74) is 0.646. The van der Waals surface area contributed by atoms with Crippen molar-refractivity contribution in [3.63, 3.8) is 0 Å². The van der Waals surface area contributed by atoms with Crippen molar-refractivity contribution < 1.29 is 37.1 Å². The lowest BCUT2D eigenvalue weighted by atomic mass is 10.1. The molecule has 1 N–H and O–H groups in total. The number of hydrogen-bond donors (Lipinski definition) is 1. The molecule has 166 valence electrons. The fraction of sp³-hybridized carbons (Fsp3) is 0.222. The second-order valence-corrected chi connectivity index (χ2v) is 6.60. The fourth-order valence-corrected chi connectivity index (χ4v) is 2.67. The lowest BCUT2D eigenvalue weighted by Crippen LogP contribution is -2.13. The number of hydrogen-bond acceptors (Lipinski definition) is 8. The van der Waals surface area contributed by atoms with Crippen LogP contribution in [0.2, 0.25) is 0 Å². The Labute approximate surface area is 182 Å². The molecule has 2 rings (SSSR count). The van der Waals surface area contributed by atoms with Crippen LogP contribution in [0.25, 0.3) is 0 Å². The van der Waals surface area contributed by atoms with Crippen LogP contribution >= 0.6 is 15.9 Å². The molecule has 0 aliphatic heterocycles. The Bertz CT molecular complexity index is 1010. The molecule has 0 aliphatic rings. The third kappa shape index (κ3) is 6.31. The normalized spacial score (nSPS) is 11.3. The van der Waals surface area contributed by atoms with Crippen LogP contribution in [0.4, 0.5) is 24.5 Å². The van der Waals surface area contributed by atoms with Crippen LogP contribution in [0.3, 0.4) is 0 Å². The SMILES string of the molecule is COC(=O)COc1cc(Br)c(/C=N\Nc2ccc(C(F)(F)F)cc2[N+](=O)[O-])cc1OC. The minimum Gasteiger partial charge on any atom is -0.493 e. The van der Waals surface area contributed by atoms with Crippen LogP contribution in [0.1, 0.15) is 11.1 Å². The molecule has 0 radical (unpaired) electrons. The van der Waals surface area contributed by atoms with Crippen molar-refractivity contribution in [2.24, 2.45) is 5.10 Å². The molecule has 2 aromatic rings. The van der Waals surface area contributed by atoms with Crippen LogP contribution < -0.4 is 14.9 Å². The van der Waals surface area contributed by atoms with Crippen molar-refractivity contribution in [3.05, 3.63) is 56.0 Å². The number of nitrogens with one attached hydrogen (secondary N) is 1. The Kier molecular flexibility index (Phi) is 7.80. The van der Waals surface area contributed by atoms with Crippen LogP contribution in [-0.4, -0.2) is 37.9 Å². The van der Waals surface area contributed by atoms with Gasteiger partial charge in [0.05, 0.1) is 30.9 Å². The van der Waals surface area contributed by atoms with Gasteiger partial charge in [0.2, 0.25) is 0 Å². The number of nitro benzene ring substituents is 1. The summed E-state index contributed by atoms with van der Waals surface area (Å²) in [6.07, 6.45) is -3.45. The number of esters is 1. The summed E-state index contributed by atoms with van der Waals surface area (Å²) in [6, 6.07) is 5.05. The van der Waals surface area contributed by atoms with Gasteiger partial charge in [-0.25, -0.2) is 4.79 Å². The van der Waals surface area contributed by atoms with Gasteiger partial charge >= 0.3 is 12.1 Å². The summed E-state index contributed by atoms with van der Waals surface area (Å²) in [5.74, 6) is -0.0940. The first-order valence-electron chi connectivity index (χ1n) is 8.28. The molecule has 0 bridgehead atoms. The van der Waals surface area contributed by atoms with Crippen molar-refractivity contribution in [2.45, 2.75) is 6.18 Å². The Morgan fingerprint density at radius 2 is 1.97 bits per heavy atom.